The summed E-state index contributed by atoms with van der Waals surface area (Å²) in [6.45, 7) is 7.39. The molecule has 1 aliphatic heterocycles. The summed E-state index contributed by atoms with van der Waals surface area (Å²) in [5.41, 5.74) is 3.62. The van der Waals surface area contributed by atoms with E-state index in [-0.39, 0.29) is 5.91 Å². The number of nitrogens with one attached hydrogen (secondary N) is 1. The van der Waals surface area contributed by atoms with Crippen molar-refractivity contribution in [1.29, 1.82) is 0 Å². The Morgan fingerprint density at radius 1 is 1.07 bits per heavy atom. The van der Waals surface area contributed by atoms with Crippen LogP contribution in [0, 0.1) is 13.8 Å². The third kappa shape index (κ3) is 4.56. The minimum atomic E-state index is -0.0551. The van der Waals surface area contributed by atoms with Crippen LogP contribution in [0.3, 0.4) is 0 Å². The Kier molecular flexibility index (Phi) is 5.46. The van der Waals surface area contributed by atoms with Gasteiger partial charge >= 0.3 is 0 Å². The number of carbonyl (C=O) groups excluding carboxylic acids is 1. The number of carbonyl (C=O) groups is 1. The number of aromatic nitrogens is 2. The van der Waals surface area contributed by atoms with Crippen molar-refractivity contribution in [2.24, 2.45) is 0 Å². The van der Waals surface area contributed by atoms with Gasteiger partial charge in [-0.25, -0.2) is 9.97 Å². The molecule has 1 amide bonds. The smallest absolute Gasteiger partial charge is 0.272 e. The van der Waals surface area contributed by atoms with Crippen molar-refractivity contribution in [2.75, 3.05) is 36.4 Å². The highest BCUT2D eigenvalue weighted by atomic mass is 16.3. The molecule has 0 aliphatic carbocycles. The van der Waals surface area contributed by atoms with E-state index in [0.29, 0.717) is 31.3 Å². The average molecular weight is 391 g/mol. The second-order valence-corrected chi connectivity index (χ2v) is 7.27. The summed E-state index contributed by atoms with van der Waals surface area (Å²) in [4.78, 5) is 26.0. The number of aryl methyl sites for hydroxylation is 2. The number of furan rings is 1. The molecule has 7 heteroatoms. The minimum Gasteiger partial charge on any atom is -0.467 e. The van der Waals surface area contributed by atoms with Gasteiger partial charge in [0.05, 0.1) is 12.8 Å². The van der Waals surface area contributed by atoms with Crippen LogP contribution in [0.25, 0.3) is 0 Å². The number of nitrogens with zero attached hydrogens (tertiary/aromatic N) is 4. The van der Waals surface area contributed by atoms with Gasteiger partial charge in [0, 0.05) is 37.6 Å². The molecule has 4 rings (SSSR count). The lowest BCUT2D eigenvalue weighted by Crippen LogP contribution is -2.49. The molecule has 1 N–H and O–H groups in total. The van der Waals surface area contributed by atoms with E-state index in [1.807, 2.05) is 24.0 Å². The monoisotopic (exact) mass is 391 g/mol. The van der Waals surface area contributed by atoms with E-state index in [1.165, 1.54) is 11.3 Å². The van der Waals surface area contributed by atoms with Crippen molar-refractivity contribution in [3.8, 4) is 0 Å². The highest BCUT2D eigenvalue weighted by Crippen LogP contribution is 2.19. The highest BCUT2D eigenvalue weighted by Gasteiger charge is 2.24. The van der Waals surface area contributed by atoms with E-state index >= 15 is 0 Å². The molecule has 7 nitrogen and oxygen atoms in total. The van der Waals surface area contributed by atoms with Crippen LogP contribution in [0.2, 0.25) is 0 Å². The van der Waals surface area contributed by atoms with E-state index < -0.39 is 0 Å². The second-order valence-electron chi connectivity index (χ2n) is 7.27. The van der Waals surface area contributed by atoms with Gasteiger partial charge in [0.1, 0.15) is 11.5 Å². The van der Waals surface area contributed by atoms with E-state index in [1.54, 1.807) is 12.3 Å². The van der Waals surface area contributed by atoms with Crippen LogP contribution in [-0.2, 0) is 6.54 Å². The first kappa shape index (κ1) is 19.0. The Bertz CT molecular complexity index is 979. The van der Waals surface area contributed by atoms with Crippen molar-refractivity contribution in [1.82, 2.24) is 14.9 Å². The number of anilines is 2. The van der Waals surface area contributed by atoms with Crippen molar-refractivity contribution < 1.29 is 9.21 Å². The fourth-order valence-electron chi connectivity index (χ4n) is 3.49. The predicted molar refractivity (Wildman–Crippen MR) is 112 cm³/mol. The highest BCUT2D eigenvalue weighted by molar-refractivity contribution is 5.92. The number of benzene rings is 1. The molecule has 3 heterocycles. The maximum Gasteiger partial charge on any atom is 0.272 e. The third-order valence-electron chi connectivity index (χ3n) is 5.01. The van der Waals surface area contributed by atoms with Gasteiger partial charge in [-0.05, 0) is 49.7 Å². The number of hydrogen-bond donors (Lipinski definition) is 1. The molecule has 2 aromatic heterocycles. The average Bonchev–Trinajstić information content (AvgIpc) is 3.25. The zero-order chi connectivity index (χ0) is 20.2. The summed E-state index contributed by atoms with van der Waals surface area (Å²) in [7, 11) is 0. The lowest BCUT2D eigenvalue weighted by molar-refractivity contribution is 0.0740. The fourth-order valence-corrected chi connectivity index (χ4v) is 3.49. The molecule has 1 saturated heterocycles. The summed E-state index contributed by atoms with van der Waals surface area (Å²) in [5, 5.41) is 3.12. The van der Waals surface area contributed by atoms with Crippen LogP contribution in [0.4, 0.5) is 11.6 Å². The fraction of sp³-hybridized carbons (Fsp3) is 0.318. The van der Waals surface area contributed by atoms with Crippen LogP contribution in [0.5, 0.6) is 0 Å². The molecule has 0 bridgehead atoms. The Balaban J connectivity index is 1.40. The van der Waals surface area contributed by atoms with Crippen LogP contribution in [-0.4, -0.2) is 47.0 Å². The largest absolute Gasteiger partial charge is 0.467 e. The summed E-state index contributed by atoms with van der Waals surface area (Å²) < 4.78 is 5.31. The van der Waals surface area contributed by atoms with Crippen LogP contribution >= 0.6 is 0 Å². The Morgan fingerprint density at radius 2 is 1.90 bits per heavy atom. The quantitative estimate of drug-likeness (QED) is 0.720. The molecule has 29 heavy (non-hydrogen) atoms. The first-order chi connectivity index (χ1) is 14.1. The molecule has 0 unspecified atom stereocenters. The molecule has 0 spiro atoms. The molecule has 0 saturated carbocycles. The maximum absolute atomic E-state index is 13.0. The van der Waals surface area contributed by atoms with Crippen LogP contribution in [0.1, 0.15) is 27.5 Å². The molecule has 1 aliphatic rings. The molecule has 150 valence electrons. The SMILES string of the molecule is Cc1cccc(N2CCN(C(=O)c3cc(C)nc(NCc4ccco4)n3)CC2)c1. The van der Waals surface area contributed by atoms with Gasteiger partial charge in [-0.1, -0.05) is 12.1 Å². The standard InChI is InChI=1S/C22H25N5O2/c1-16-5-3-6-18(13-16)26-8-10-27(11-9-26)21(28)20-14-17(2)24-22(25-20)23-15-19-7-4-12-29-19/h3-7,12-14H,8-11,15H2,1-2H3,(H,23,24,25). The molecular weight excluding hydrogens is 366 g/mol. The summed E-state index contributed by atoms with van der Waals surface area (Å²) in [6, 6.07) is 13.9. The molecule has 0 atom stereocenters. The van der Waals surface area contributed by atoms with Gasteiger partial charge in [0.15, 0.2) is 0 Å². The van der Waals surface area contributed by atoms with Gasteiger partial charge in [0.25, 0.3) is 5.91 Å². The molecular formula is C22H25N5O2. The lowest BCUT2D eigenvalue weighted by Gasteiger charge is -2.36. The summed E-state index contributed by atoms with van der Waals surface area (Å²) in [6.07, 6.45) is 1.62. The number of amides is 1. The van der Waals surface area contributed by atoms with Gasteiger partial charge < -0.3 is 19.5 Å². The van der Waals surface area contributed by atoms with E-state index in [4.69, 9.17) is 4.42 Å². The first-order valence-corrected chi connectivity index (χ1v) is 9.81. The molecule has 3 aromatic rings. The Labute approximate surface area is 170 Å². The van der Waals surface area contributed by atoms with Crippen LogP contribution in [0.15, 0.2) is 53.1 Å². The second kappa shape index (κ2) is 8.34. The minimum absolute atomic E-state index is 0.0551. The molecule has 1 aromatic carbocycles. The van der Waals surface area contributed by atoms with E-state index in [2.05, 4.69) is 51.4 Å². The zero-order valence-electron chi connectivity index (χ0n) is 16.8. The third-order valence-corrected chi connectivity index (χ3v) is 5.01. The first-order valence-electron chi connectivity index (χ1n) is 9.81. The summed E-state index contributed by atoms with van der Waals surface area (Å²) >= 11 is 0. The molecule has 0 radical (unpaired) electrons. The van der Waals surface area contributed by atoms with E-state index in [9.17, 15) is 4.79 Å². The van der Waals surface area contributed by atoms with E-state index in [0.717, 1.165) is 24.5 Å². The van der Waals surface area contributed by atoms with Gasteiger partial charge in [0.2, 0.25) is 5.95 Å². The normalized spacial score (nSPS) is 14.1. The van der Waals surface area contributed by atoms with Gasteiger partial charge in [-0.2, -0.15) is 0 Å². The van der Waals surface area contributed by atoms with Crippen molar-refractivity contribution >= 4 is 17.5 Å². The van der Waals surface area contributed by atoms with Gasteiger partial charge in [-0.15, -0.1) is 0 Å². The van der Waals surface area contributed by atoms with Crippen LogP contribution < -0.4 is 10.2 Å². The van der Waals surface area contributed by atoms with Gasteiger partial charge in [-0.3, -0.25) is 4.79 Å². The summed E-state index contributed by atoms with van der Waals surface area (Å²) in [5.74, 6) is 1.17. The Hall–Kier alpha value is -3.35. The lowest BCUT2D eigenvalue weighted by atomic mass is 10.2. The van der Waals surface area contributed by atoms with Crippen molar-refractivity contribution in [3.63, 3.8) is 0 Å². The topological polar surface area (TPSA) is 74.5 Å². The van der Waals surface area contributed by atoms with Crippen molar-refractivity contribution in [2.45, 2.75) is 20.4 Å². The number of piperazine rings is 1. The maximum atomic E-state index is 13.0. The number of hydrogen-bond acceptors (Lipinski definition) is 6. The van der Waals surface area contributed by atoms with Crippen molar-refractivity contribution in [3.05, 3.63) is 71.4 Å². The predicted octanol–water partition coefficient (Wildman–Crippen LogP) is 3.26. The molecule has 1 fully saturated rings. The number of rotatable bonds is 5. The Morgan fingerprint density at radius 3 is 2.62 bits per heavy atom. The zero-order valence-corrected chi connectivity index (χ0v) is 16.8.